The molecule has 0 aliphatic carbocycles. The number of rotatable bonds is 10. The first-order chi connectivity index (χ1) is 21.4. The largest absolute Gasteiger partial charge is 0.507 e. The summed E-state index contributed by atoms with van der Waals surface area (Å²) in [6, 6.07) is 29.7. The summed E-state index contributed by atoms with van der Waals surface area (Å²) in [5, 5.41) is 11.7. The van der Waals surface area contributed by atoms with Gasteiger partial charge in [0.25, 0.3) is 11.7 Å². The molecule has 1 fully saturated rings. The van der Waals surface area contributed by atoms with Crippen LogP contribution in [0.25, 0.3) is 5.76 Å². The van der Waals surface area contributed by atoms with E-state index in [-0.39, 0.29) is 17.4 Å². The number of carbonyl (C=O) groups is 2. The van der Waals surface area contributed by atoms with Crippen LogP contribution < -0.4 is 14.2 Å². The summed E-state index contributed by atoms with van der Waals surface area (Å²) in [7, 11) is 0. The maximum Gasteiger partial charge on any atom is 0.295 e. The molecular formula is C37H35NO6. The molecule has 44 heavy (non-hydrogen) atoms. The Morgan fingerprint density at radius 3 is 2.34 bits per heavy atom. The molecule has 0 spiro atoms. The number of nitrogens with zero attached hydrogens (tertiary/aromatic N) is 1. The van der Waals surface area contributed by atoms with Crippen molar-refractivity contribution in [3.8, 4) is 17.2 Å². The smallest absolute Gasteiger partial charge is 0.295 e. The number of likely N-dealkylation sites (tertiary alicyclic amines) is 1. The van der Waals surface area contributed by atoms with Crippen molar-refractivity contribution in [1.29, 1.82) is 0 Å². The number of aliphatic hydroxyl groups excluding tert-OH is 1. The van der Waals surface area contributed by atoms with Crippen LogP contribution in [0.2, 0.25) is 0 Å². The van der Waals surface area contributed by atoms with Crippen molar-refractivity contribution in [3.05, 3.63) is 130 Å². The van der Waals surface area contributed by atoms with Crippen molar-refractivity contribution in [2.24, 2.45) is 0 Å². The number of Topliss-reactive ketones (excluding diaryl/α,β-unsaturated/α-hetero) is 1. The Labute approximate surface area is 257 Å². The minimum absolute atomic E-state index is 0.0329. The van der Waals surface area contributed by atoms with Crippen LogP contribution in [-0.4, -0.2) is 41.0 Å². The molecule has 4 aromatic rings. The summed E-state index contributed by atoms with van der Waals surface area (Å²) in [4.78, 5) is 28.8. The summed E-state index contributed by atoms with van der Waals surface area (Å²) in [5.41, 5.74) is 4.18. The maximum absolute atomic E-state index is 13.7. The minimum Gasteiger partial charge on any atom is -0.507 e. The van der Waals surface area contributed by atoms with E-state index in [0.717, 1.165) is 22.4 Å². The Balaban J connectivity index is 1.40. The van der Waals surface area contributed by atoms with Gasteiger partial charge in [-0.3, -0.25) is 9.59 Å². The zero-order valence-corrected chi connectivity index (χ0v) is 24.9. The number of ketones is 1. The molecule has 2 aliphatic heterocycles. The van der Waals surface area contributed by atoms with E-state index in [4.69, 9.17) is 14.2 Å². The fourth-order valence-electron chi connectivity index (χ4n) is 5.89. The molecular weight excluding hydrogens is 554 g/mol. The Kier molecular flexibility index (Phi) is 8.37. The summed E-state index contributed by atoms with van der Waals surface area (Å²) >= 11 is 0. The average molecular weight is 590 g/mol. The number of fused-ring (bicyclic) bond motifs is 1. The molecule has 1 saturated heterocycles. The maximum atomic E-state index is 13.7. The van der Waals surface area contributed by atoms with Gasteiger partial charge in [-0.1, -0.05) is 66.7 Å². The Morgan fingerprint density at radius 1 is 0.886 bits per heavy atom. The van der Waals surface area contributed by atoms with Gasteiger partial charge in [0.05, 0.1) is 18.2 Å². The van der Waals surface area contributed by atoms with Gasteiger partial charge in [0.2, 0.25) is 0 Å². The van der Waals surface area contributed by atoms with E-state index in [0.29, 0.717) is 55.2 Å². The van der Waals surface area contributed by atoms with Crippen molar-refractivity contribution in [1.82, 2.24) is 4.90 Å². The highest BCUT2D eigenvalue weighted by Crippen LogP contribution is 2.43. The molecule has 0 aromatic heterocycles. The summed E-state index contributed by atoms with van der Waals surface area (Å²) in [5.74, 6) is 0.245. The number of benzene rings is 4. The van der Waals surface area contributed by atoms with Crippen LogP contribution in [-0.2, 0) is 29.0 Å². The zero-order valence-electron chi connectivity index (χ0n) is 24.9. The number of hydrogen-bond donors (Lipinski definition) is 1. The summed E-state index contributed by atoms with van der Waals surface area (Å²) in [6.45, 7) is 4.92. The normalized spacial score (nSPS) is 18.6. The molecule has 2 atom stereocenters. The first-order valence-corrected chi connectivity index (χ1v) is 15.0. The average Bonchev–Trinajstić information content (AvgIpc) is 3.54. The van der Waals surface area contributed by atoms with Gasteiger partial charge in [0, 0.05) is 18.5 Å². The third-order valence-corrected chi connectivity index (χ3v) is 8.01. The second kappa shape index (κ2) is 12.7. The van der Waals surface area contributed by atoms with Gasteiger partial charge in [-0.15, -0.1) is 0 Å². The number of carbonyl (C=O) groups excluding carboxylic acids is 2. The van der Waals surface area contributed by atoms with Crippen LogP contribution in [0.5, 0.6) is 17.2 Å². The van der Waals surface area contributed by atoms with E-state index in [2.05, 4.69) is 0 Å². The van der Waals surface area contributed by atoms with E-state index >= 15 is 0 Å². The Morgan fingerprint density at radius 2 is 1.61 bits per heavy atom. The van der Waals surface area contributed by atoms with Gasteiger partial charge in [-0.25, -0.2) is 0 Å². The van der Waals surface area contributed by atoms with Crippen LogP contribution in [0.1, 0.15) is 47.7 Å². The first kappa shape index (κ1) is 29.1. The molecule has 7 nitrogen and oxygen atoms in total. The Hall–Kier alpha value is -5.04. The lowest BCUT2D eigenvalue weighted by Crippen LogP contribution is -2.31. The number of hydrogen-bond acceptors (Lipinski definition) is 6. The van der Waals surface area contributed by atoms with E-state index in [9.17, 15) is 14.7 Å². The van der Waals surface area contributed by atoms with Crippen molar-refractivity contribution in [3.63, 3.8) is 0 Å². The van der Waals surface area contributed by atoms with Crippen molar-refractivity contribution in [2.75, 3.05) is 13.2 Å². The van der Waals surface area contributed by atoms with Crippen LogP contribution in [0.3, 0.4) is 0 Å². The second-order valence-corrected chi connectivity index (χ2v) is 11.1. The zero-order chi connectivity index (χ0) is 30.6. The Bertz CT molecular complexity index is 1700. The fraction of sp³-hybridized carbons (Fsp3) is 0.243. The quantitative estimate of drug-likeness (QED) is 0.127. The van der Waals surface area contributed by atoms with Gasteiger partial charge in [-0.05, 0) is 72.9 Å². The highest BCUT2D eigenvalue weighted by Gasteiger charge is 2.46. The molecule has 0 radical (unpaired) electrons. The fourth-order valence-corrected chi connectivity index (χ4v) is 5.89. The van der Waals surface area contributed by atoms with Crippen LogP contribution in [0.15, 0.2) is 103 Å². The van der Waals surface area contributed by atoms with E-state index in [1.807, 2.05) is 86.6 Å². The topological polar surface area (TPSA) is 85.3 Å². The first-order valence-electron chi connectivity index (χ1n) is 15.0. The SMILES string of the molecule is CCOc1cc([C@H]2/C(=C(\O)c3ccc4c(c3)C[C@H](C)O4)C(=O)C(=O)N2CCc2ccccc2)ccc1OCc1ccccc1. The number of aliphatic hydroxyl groups is 1. The molecule has 4 aromatic carbocycles. The van der Waals surface area contributed by atoms with Gasteiger partial charge in [0.15, 0.2) is 11.5 Å². The van der Waals surface area contributed by atoms with Gasteiger partial charge < -0.3 is 24.2 Å². The third kappa shape index (κ3) is 5.91. The molecule has 7 heteroatoms. The predicted molar refractivity (Wildman–Crippen MR) is 168 cm³/mol. The van der Waals surface area contributed by atoms with E-state index in [1.165, 1.54) is 0 Å². The monoisotopic (exact) mass is 589 g/mol. The van der Waals surface area contributed by atoms with Crippen LogP contribution in [0.4, 0.5) is 0 Å². The predicted octanol–water partition coefficient (Wildman–Crippen LogP) is 6.65. The van der Waals surface area contributed by atoms with Crippen molar-refractivity contribution in [2.45, 2.75) is 45.4 Å². The number of ether oxygens (including phenoxy) is 3. The molecule has 1 amide bonds. The van der Waals surface area contributed by atoms with Crippen molar-refractivity contribution >= 4 is 17.4 Å². The second-order valence-electron chi connectivity index (χ2n) is 11.1. The molecule has 2 heterocycles. The number of amides is 1. The van der Waals surface area contributed by atoms with Gasteiger partial charge in [0.1, 0.15) is 24.2 Å². The van der Waals surface area contributed by atoms with E-state index < -0.39 is 17.7 Å². The van der Waals surface area contributed by atoms with Crippen LogP contribution >= 0.6 is 0 Å². The summed E-state index contributed by atoms with van der Waals surface area (Å²) < 4.78 is 17.9. The minimum atomic E-state index is -0.815. The molecule has 224 valence electrons. The van der Waals surface area contributed by atoms with Gasteiger partial charge in [-0.2, -0.15) is 0 Å². The van der Waals surface area contributed by atoms with Crippen LogP contribution in [0, 0.1) is 0 Å². The van der Waals surface area contributed by atoms with Crippen molar-refractivity contribution < 1.29 is 28.9 Å². The highest BCUT2D eigenvalue weighted by molar-refractivity contribution is 6.46. The molecule has 0 saturated carbocycles. The molecule has 1 N–H and O–H groups in total. The standard InChI is InChI=1S/C37H35NO6/c1-3-42-32-22-27(14-17-31(32)43-23-26-12-8-5-9-13-26)34-33(35(39)28-15-16-30-29(21-28)20-24(2)44-30)36(40)37(41)38(34)19-18-25-10-6-4-7-11-25/h4-17,21-22,24,34,39H,3,18-20,23H2,1-2H3/b35-33+/t24-,34-/m0/s1. The highest BCUT2D eigenvalue weighted by atomic mass is 16.5. The third-order valence-electron chi connectivity index (χ3n) is 8.01. The van der Waals surface area contributed by atoms with E-state index in [1.54, 1.807) is 29.2 Å². The summed E-state index contributed by atoms with van der Waals surface area (Å²) in [6.07, 6.45) is 1.29. The molecule has 2 aliphatic rings. The molecule has 0 unspecified atom stereocenters. The lowest BCUT2D eigenvalue weighted by molar-refractivity contribution is -0.139. The van der Waals surface area contributed by atoms with Gasteiger partial charge >= 0.3 is 0 Å². The lowest BCUT2D eigenvalue weighted by Gasteiger charge is -2.26. The lowest BCUT2D eigenvalue weighted by atomic mass is 9.94. The molecule has 0 bridgehead atoms. The molecule has 6 rings (SSSR count).